The van der Waals surface area contributed by atoms with Crippen molar-refractivity contribution in [1.82, 2.24) is 9.88 Å². The van der Waals surface area contributed by atoms with Crippen molar-refractivity contribution in [1.29, 1.82) is 0 Å². The molecule has 0 bridgehead atoms. The monoisotopic (exact) mass is 247 g/mol. The number of primary amides is 1. The molecule has 1 rings (SSSR count). The van der Waals surface area contributed by atoms with E-state index in [0.717, 1.165) is 0 Å². The first-order valence-electron chi connectivity index (χ1n) is 5.53. The molecule has 0 aliphatic heterocycles. The van der Waals surface area contributed by atoms with Gasteiger partial charge in [-0.05, 0) is 26.0 Å². The number of pyridine rings is 1. The normalized spacial score (nSPS) is 12.3. The standard InChI is InChI=1S/C12H17N5O/c1-3-17(12(14)18)11(9(2)13)8-16-10-5-4-6-15-7-10/h4-8H,3,13H2,1-2H3,(H2,14,18). The highest BCUT2D eigenvalue weighted by atomic mass is 16.2. The van der Waals surface area contributed by atoms with Gasteiger partial charge in [-0.25, -0.2) is 4.79 Å². The van der Waals surface area contributed by atoms with Crippen molar-refractivity contribution in [3.05, 3.63) is 35.9 Å². The summed E-state index contributed by atoms with van der Waals surface area (Å²) in [6, 6.07) is 3.01. The first-order chi connectivity index (χ1) is 8.56. The lowest BCUT2D eigenvalue weighted by Gasteiger charge is -2.20. The van der Waals surface area contributed by atoms with Gasteiger partial charge in [0.2, 0.25) is 0 Å². The molecule has 6 nitrogen and oxygen atoms in total. The van der Waals surface area contributed by atoms with Crippen LogP contribution in [0, 0.1) is 0 Å². The Bertz CT molecular complexity index is 463. The zero-order valence-electron chi connectivity index (χ0n) is 10.5. The fourth-order valence-electron chi connectivity index (χ4n) is 1.40. The molecule has 1 heterocycles. The summed E-state index contributed by atoms with van der Waals surface area (Å²) < 4.78 is 0. The van der Waals surface area contributed by atoms with E-state index in [0.29, 0.717) is 23.6 Å². The highest BCUT2D eigenvalue weighted by molar-refractivity contribution is 5.88. The second kappa shape index (κ2) is 6.39. The highest BCUT2D eigenvalue weighted by Crippen LogP contribution is 2.10. The molecule has 0 aliphatic carbocycles. The zero-order valence-corrected chi connectivity index (χ0v) is 10.5. The smallest absolute Gasteiger partial charge is 0.319 e. The molecular formula is C12H17N5O. The molecule has 0 aliphatic rings. The van der Waals surface area contributed by atoms with Crippen LogP contribution in [0.15, 0.2) is 40.9 Å². The Morgan fingerprint density at radius 2 is 2.28 bits per heavy atom. The number of aromatic nitrogens is 1. The third kappa shape index (κ3) is 3.58. The summed E-state index contributed by atoms with van der Waals surface area (Å²) in [6.45, 7) is 3.93. The van der Waals surface area contributed by atoms with Crippen LogP contribution in [0.2, 0.25) is 0 Å². The number of hydrogen-bond donors (Lipinski definition) is 2. The Morgan fingerprint density at radius 1 is 1.56 bits per heavy atom. The molecular weight excluding hydrogens is 230 g/mol. The van der Waals surface area contributed by atoms with Crippen LogP contribution in [0.3, 0.4) is 0 Å². The van der Waals surface area contributed by atoms with Gasteiger partial charge in [0, 0.05) is 18.4 Å². The topological polar surface area (TPSA) is 97.6 Å². The number of urea groups is 1. The number of allylic oxidation sites excluding steroid dienone is 2. The minimum Gasteiger partial charge on any atom is -0.401 e. The highest BCUT2D eigenvalue weighted by Gasteiger charge is 2.12. The van der Waals surface area contributed by atoms with Gasteiger partial charge in [-0.15, -0.1) is 0 Å². The van der Waals surface area contributed by atoms with Gasteiger partial charge in [-0.3, -0.25) is 14.9 Å². The van der Waals surface area contributed by atoms with Gasteiger partial charge in [0.1, 0.15) is 0 Å². The molecule has 0 saturated heterocycles. The molecule has 1 aromatic rings. The van der Waals surface area contributed by atoms with Crippen LogP contribution in [0.25, 0.3) is 0 Å². The van der Waals surface area contributed by atoms with Crippen molar-refractivity contribution >= 4 is 17.9 Å². The summed E-state index contributed by atoms with van der Waals surface area (Å²) in [5.41, 5.74) is 12.7. The molecule has 4 N–H and O–H groups in total. The van der Waals surface area contributed by atoms with Crippen LogP contribution in [0.4, 0.5) is 10.5 Å². The molecule has 0 fully saturated rings. The van der Waals surface area contributed by atoms with E-state index in [9.17, 15) is 4.79 Å². The molecule has 0 radical (unpaired) electrons. The maximum atomic E-state index is 11.3. The van der Waals surface area contributed by atoms with Crippen molar-refractivity contribution in [3.8, 4) is 0 Å². The van der Waals surface area contributed by atoms with Crippen molar-refractivity contribution in [3.63, 3.8) is 0 Å². The van der Waals surface area contributed by atoms with Gasteiger partial charge in [-0.2, -0.15) is 0 Å². The molecule has 0 saturated carbocycles. The SMILES string of the molecule is CCN(C(N)=O)C(C=Nc1cccnc1)=C(C)N. The summed E-state index contributed by atoms with van der Waals surface area (Å²) in [7, 11) is 0. The van der Waals surface area contributed by atoms with Crippen molar-refractivity contribution in [2.45, 2.75) is 13.8 Å². The maximum Gasteiger partial charge on any atom is 0.319 e. The maximum absolute atomic E-state index is 11.3. The third-order valence-electron chi connectivity index (χ3n) is 2.26. The predicted molar refractivity (Wildman–Crippen MR) is 71.2 cm³/mol. The van der Waals surface area contributed by atoms with E-state index in [-0.39, 0.29) is 0 Å². The van der Waals surface area contributed by atoms with Gasteiger partial charge in [0.05, 0.1) is 23.8 Å². The van der Waals surface area contributed by atoms with E-state index in [1.54, 1.807) is 31.5 Å². The minimum atomic E-state index is -0.560. The van der Waals surface area contributed by atoms with Gasteiger partial charge < -0.3 is 11.5 Å². The van der Waals surface area contributed by atoms with Crippen molar-refractivity contribution in [2.75, 3.05) is 6.54 Å². The molecule has 0 aromatic carbocycles. The first-order valence-corrected chi connectivity index (χ1v) is 5.53. The summed E-state index contributed by atoms with van der Waals surface area (Å²) in [4.78, 5) is 20.8. The largest absolute Gasteiger partial charge is 0.401 e. The van der Waals surface area contributed by atoms with Crippen LogP contribution in [-0.2, 0) is 0 Å². The van der Waals surface area contributed by atoms with Crippen LogP contribution >= 0.6 is 0 Å². The van der Waals surface area contributed by atoms with E-state index >= 15 is 0 Å². The Balaban J connectivity index is 2.99. The molecule has 0 spiro atoms. The van der Waals surface area contributed by atoms with E-state index < -0.39 is 6.03 Å². The Kier molecular flexibility index (Phi) is 4.86. The molecule has 6 heteroatoms. The molecule has 1 aromatic heterocycles. The number of hydrogen-bond acceptors (Lipinski definition) is 4. The fraction of sp³-hybridized carbons (Fsp3) is 0.250. The molecule has 0 atom stereocenters. The van der Waals surface area contributed by atoms with Gasteiger partial charge >= 0.3 is 6.03 Å². The van der Waals surface area contributed by atoms with Crippen molar-refractivity contribution < 1.29 is 4.79 Å². The quantitative estimate of drug-likeness (QED) is 0.786. The zero-order chi connectivity index (χ0) is 13.5. The van der Waals surface area contributed by atoms with Gasteiger partial charge in [-0.1, -0.05) is 0 Å². The number of carbonyl (C=O) groups is 1. The third-order valence-corrected chi connectivity index (χ3v) is 2.26. The Hall–Kier alpha value is -2.37. The van der Waals surface area contributed by atoms with Gasteiger partial charge in [0.15, 0.2) is 0 Å². The van der Waals surface area contributed by atoms with E-state index in [1.165, 1.54) is 11.1 Å². The molecule has 18 heavy (non-hydrogen) atoms. The van der Waals surface area contributed by atoms with E-state index in [1.807, 2.05) is 6.92 Å². The average molecular weight is 247 g/mol. The lowest BCUT2D eigenvalue weighted by molar-refractivity contribution is 0.224. The summed E-state index contributed by atoms with van der Waals surface area (Å²) in [5, 5.41) is 0. The van der Waals surface area contributed by atoms with E-state index in [4.69, 9.17) is 11.5 Å². The summed E-state index contributed by atoms with van der Waals surface area (Å²) in [6.07, 6.45) is 4.78. The fourth-order valence-corrected chi connectivity index (χ4v) is 1.40. The number of nitrogens with zero attached hydrogens (tertiary/aromatic N) is 3. The molecule has 2 amide bonds. The second-order valence-corrected chi connectivity index (χ2v) is 3.62. The Labute approximate surface area is 106 Å². The summed E-state index contributed by atoms with van der Waals surface area (Å²) >= 11 is 0. The van der Waals surface area contributed by atoms with E-state index in [2.05, 4.69) is 9.98 Å². The van der Waals surface area contributed by atoms with Crippen LogP contribution in [0.5, 0.6) is 0 Å². The predicted octanol–water partition coefficient (Wildman–Crippen LogP) is 1.37. The molecule has 96 valence electrons. The lowest BCUT2D eigenvalue weighted by atomic mass is 10.3. The average Bonchev–Trinajstić information content (AvgIpc) is 2.34. The summed E-state index contributed by atoms with van der Waals surface area (Å²) in [5.74, 6) is 0. The Morgan fingerprint density at radius 3 is 2.72 bits per heavy atom. The van der Waals surface area contributed by atoms with Gasteiger partial charge in [0.25, 0.3) is 0 Å². The number of aliphatic imine (C=N–C) groups is 1. The lowest BCUT2D eigenvalue weighted by Crippen LogP contribution is -2.36. The second-order valence-electron chi connectivity index (χ2n) is 3.62. The first kappa shape index (κ1) is 13.7. The number of nitrogens with two attached hydrogens (primary N) is 2. The number of carbonyl (C=O) groups excluding carboxylic acids is 1. The van der Waals surface area contributed by atoms with Crippen LogP contribution in [0.1, 0.15) is 13.8 Å². The van der Waals surface area contributed by atoms with Crippen LogP contribution in [-0.4, -0.2) is 28.7 Å². The van der Waals surface area contributed by atoms with Crippen molar-refractivity contribution in [2.24, 2.45) is 16.5 Å². The van der Waals surface area contributed by atoms with Crippen LogP contribution < -0.4 is 11.5 Å². The number of rotatable bonds is 4. The minimum absolute atomic E-state index is 0.429. The molecule has 0 unspecified atom stereocenters. The number of amides is 2.